The molecule has 4 nitrogen and oxygen atoms in total. The summed E-state index contributed by atoms with van der Waals surface area (Å²) in [5, 5.41) is 0. The van der Waals surface area contributed by atoms with E-state index < -0.39 is 15.2 Å². The predicted molar refractivity (Wildman–Crippen MR) is 41.9 cm³/mol. The summed E-state index contributed by atoms with van der Waals surface area (Å²) in [6.45, 7) is 3.30. The van der Waals surface area contributed by atoms with Gasteiger partial charge in [-0.15, -0.1) is 29.8 Å². The number of alkyl halides is 2. The van der Waals surface area contributed by atoms with E-state index in [2.05, 4.69) is 6.58 Å². The Kier molecular flexibility index (Phi) is 14.7. The van der Waals surface area contributed by atoms with E-state index in [-0.39, 0.29) is 23.1 Å². The molecule has 0 aliphatic rings. The smallest absolute Gasteiger partial charge is 0.759 e. The van der Waals surface area contributed by atoms with E-state index in [0.29, 0.717) is 0 Å². The van der Waals surface area contributed by atoms with Gasteiger partial charge in [0, 0.05) is 10.4 Å². The Morgan fingerprint density at radius 1 is 1.36 bits per heavy atom. The first-order valence-corrected chi connectivity index (χ1v) is 4.05. The molecule has 0 unspecified atom stereocenters. The first-order valence-electron chi connectivity index (χ1n) is 1.84. The molecule has 0 aliphatic heterocycles. The molecule has 0 aromatic carbocycles. The fourth-order valence-corrected chi connectivity index (χ4v) is 0. The third kappa shape index (κ3) is 101. The van der Waals surface area contributed by atoms with Crippen LogP contribution in [0.15, 0.2) is 12.7 Å². The molecule has 0 radical (unpaired) electrons. The summed E-state index contributed by atoms with van der Waals surface area (Å²) >= 11 is 10.2. The average Bonchev–Trinajstić information content (AvgIpc) is 1.61. The van der Waals surface area contributed by atoms with Gasteiger partial charge in [0.15, 0.2) is 0 Å². The van der Waals surface area contributed by atoms with Crippen LogP contribution in [0.1, 0.15) is 0 Å². The van der Waals surface area contributed by atoms with E-state index >= 15 is 0 Å². The van der Waals surface area contributed by atoms with Gasteiger partial charge in [-0.1, -0.05) is 6.08 Å². The minimum Gasteiger partial charge on any atom is -0.759 e. The first kappa shape index (κ1) is 17.9. The standard InChI is InChI=1S/C3H4Cl2.Mg.H2O4S/c1-2-3(4)5;;1-5(2,3)4/h2-3H,1H2;;(H2,1,2,3,4)/q;+2;/p-2. The van der Waals surface area contributed by atoms with Crippen LogP contribution in [0.5, 0.6) is 0 Å². The van der Waals surface area contributed by atoms with Gasteiger partial charge in [0.1, 0.15) is 4.84 Å². The van der Waals surface area contributed by atoms with Crippen molar-refractivity contribution in [3.05, 3.63) is 12.7 Å². The van der Waals surface area contributed by atoms with Crippen molar-refractivity contribution in [3.63, 3.8) is 0 Å². The van der Waals surface area contributed by atoms with Crippen LogP contribution in [0.3, 0.4) is 0 Å². The molecule has 8 heteroatoms. The molecule has 0 aromatic rings. The Hall–Kier alpha value is 0.956. The summed E-state index contributed by atoms with van der Waals surface area (Å²) < 4.78 is 34.1. The molecule has 0 bridgehead atoms. The van der Waals surface area contributed by atoms with Crippen molar-refractivity contribution in [2.45, 2.75) is 4.84 Å². The third-order valence-corrected chi connectivity index (χ3v) is 0.535. The summed E-state index contributed by atoms with van der Waals surface area (Å²) in [6, 6.07) is 0. The number of rotatable bonds is 1. The maximum Gasteiger partial charge on any atom is 2.00 e. The Morgan fingerprint density at radius 3 is 1.45 bits per heavy atom. The average molecular weight is 231 g/mol. The summed E-state index contributed by atoms with van der Waals surface area (Å²) in [6.07, 6.45) is 1.45. The van der Waals surface area contributed by atoms with Crippen molar-refractivity contribution >= 4 is 56.7 Å². The molecule has 11 heavy (non-hydrogen) atoms. The molecule has 0 aromatic heterocycles. The molecule has 0 saturated heterocycles. The van der Waals surface area contributed by atoms with Gasteiger partial charge in [0.2, 0.25) is 0 Å². The number of hydrogen-bond acceptors (Lipinski definition) is 4. The molecule has 0 heterocycles. The molecule has 0 N–H and O–H groups in total. The van der Waals surface area contributed by atoms with E-state index in [1.54, 1.807) is 0 Å². The second-order valence-corrected chi connectivity index (χ2v) is 2.96. The van der Waals surface area contributed by atoms with Crippen LogP contribution in [0.4, 0.5) is 0 Å². The second kappa shape index (κ2) is 9.05. The first-order chi connectivity index (χ1) is 4.27. The Morgan fingerprint density at radius 2 is 1.45 bits per heavy atom. The van der Waals surface area contributed by atoms with Gasteiger partial charge >= 0.3 is 23.1 Å². The van der Waals surface area contributed by atoms with Gasteiger partial charge in [-0.2, -0.15) is 0 Å². The van der Waals surface area contributed by atoms with Gasteiger partial charge in [0.05, 0.1) is 0 Å². The zero-order chi connectivity index (χ0) is 8.78. The zero-order valence-corrected chi connectivity index (χ0v) is 9.11. The third-order valence-electron chi connectivity index (χ3n) is 0.178. The normalized spacial score (nSPS) is 9.18. The maximum absolute atomic E-state index is 8.52. The van der Waals surface area contributed by atoms with Crippen molar-refractivity contribution in [1.82, 2.24) is 0 Å². The van der Waals surface area contributed by atoms with Crippen LogP contribution in [-0.2, 0) is 10.4 Å². The maximum atomic E-state index is 8.52. The largest absolute Gasteiger partial charge is 2.00 e. The number of halogens is 2. The van der Waals surface area contributed by atoms with Gasteiger partial charge < -0.3 is 9.11 Å². The summed E-state index contributed by atoms with van der Waals surface area (Å²) in [5.41, 5.74) is 0. The Labute approximate surface area is 91.3 Å². The van der Waals surface area contributed by atoms with Crippen molar-refractivity contribution in [2.75, 3.05) is 0 Å². The topological polar surface area (TPSA) is 80.3 Å². The van der Waals surface area contributed by atoms with E-state index in [9.17, 15) is 0 Å². The molecule has 0 spiro atoms. The van der Waals surface area contributed by atoms with E-state index in [1.807, 2.05) is 0 Å². The molecule has 0 amide bonds. The van der Waals surface area contributed by atoms with Gasteiger partial charge in [-0.25, -0.2) is 0 Å². The van der Waals surface area contributed by atoms with Crippen LogP contribution >= 0.6 is 23.2 Å². The van der Waals surface area contributed by atoms with E-state index in [1.165, 1.54) is 6.08 Å². The summed E-state index contributed by atoms with van der Waals surface area (Å²) in [4.78, 5) is -0.407. The molecule has 62 valence electrons. The molecule has 0 saturated carbocycles. The zero-order valence-electron chi connectivity index (χ0n) is 5.37. The molecular formula is C3H4Cl2MgO4S. The van der Waals surface area contributed by atoms with Crippen molar-refractivity contribution < 1.29 is 17.5 Å². The molecule has 0 aliphatic carbocycles. The van der Waals surface area contributed by atoms with Crippen molar-refractivity contribution in [2.24, 2.45) is 0 Å². The van der Waals surface area contributed by atoms with Crippen molar-refractivity contribution in [3.8, 4) is 0 Å². The van der Waals surface area contributed by atoms with Crippen molar-refractivity contribution in [1.29, 1.82) is 0 Å². The summed E-state index contributed by atoms with van der Waals surface area (Å²) in [7, 11) is -5.17. The fraction of sp³-hybridized carbons (Fsp3) is 0.333. The molecule has 0 atom stereocenters. The minimum atomic E-state index is -5.17. The Balaban J connectivity index is -0.000000107. The SMILES string of the molecule is C=CC(Cl)Cl.O=S(=O)([O-])[O-].[Mg+2]. The predicted octanol–water partition coefficient (Wildman–Crippen LogP) is 0.257. The number of hydrogen-bond donors (Lipinski definition) is 0. The van der Waals surface area contributed by atoms with E-state index in [0.717, 1.165) is 0 Å². The molecule has 0 fully saturated rings. The van der Waals surface area contributed by atoms with Crippen LogP contribution in [0, 0.1) is 0 Å². The van der Waals surface area contributed by atoms with Crippen LogP contribution in [-0.4, -0.2) is 45.4 Å². The van der Waals surface area contributed by atoms with Crippen LogP contribution in [0.2, 0.25) is 0 Å². The van der Waals surface area contributed by atoms with Crippen LogP contribution < -0.4 is 0 Å². The van der Waals surface area contributed by atoms with Gasteiger partial charge in [-0.3, -0.25) is 8.42 Å². The Bertz CT molecular complexity index is 170. The van der Waals surface area contributed by atoms with Gasteiger partial charge in [0.25, 0.3) is 0 Å². The van der Waals surface area contributed by atoms with Gasteiger partial charge in [-0.05, 0) is 0 Å². The van der Waals surface area contributed by atoms with E-state index in [4.69, 9.17) is 40.7 Å². The quantitative estimate of drug-likeness (QED) is 0.213. The monoisotopic (exact) mass is 230 g/mol. The molecule has 0 rings (SSSR count). The van der Waals surface area contributed by atoms with Crippen LogP contribution in [0.25, 0.3) is 0 Å². The number of allylic oxidation sites excluding steroid dienone is 1. The second-order valence-electron chi connectivity index (χ2n) is 0.978. The summed E-state index contributed by atoms with van der Waals surface area (Å²) in [5.74, 6) is 0. The minimum absolute atomic E-state index is 0. The fourth-order valence-electron chi connectivity index (χ4n) is 0. The molecular weight excluding hydrogens is 227 g/mol.